The lowest BCUT2D eigenvalue weighted by Gasteiger charge is -2.38. The molecule has 7 heteroatoms. The van der Waals surface area contributed by atoms with E-state index < -0.39 is 5.54 Å². The number of anilines is 1. The highest BCUT2D eigenvalue weighted by atomic mass is 16.5. The first-order valence-corrected chi connectivity index (χ1v) is 11.7. The molecule has 31 heavy (non-hydrogen) atoms. The topological polar surface area (TPSA) is 65.1 Å². The monoisotopic (exact) mass is 428 g/mol. The van der Waals surface area contributed by atoms with Gasteiger partial charge in [0, 0.05) is 39.3 Å². The van der Waals surface area contributed by atoms with E-state index in [1.54, 1.807) is 0 Å². The van der Waals surface area contributed by atoms with Gasteiger partial charge in [-0.3, -0.25) is 14.5 Å². The Bertz CT molecular complexity index is 806. The van der Waals surface area contributed by atoms with Crippen LogP contribution in [0, 0.1) is 11.8 Å². The lowest BCUT2D eigenvalue weighted by atomic mass is 9.86. The molecule has 0 saturated carbocycles. The maximum absolute atomic E-state index is 13.9. The Morgan fingerprint density at radius 2 is 2.00 bits per heavy atom. The van der Waals surface area contributed by atoms with Crippen molar-refractivity contribution in [2.75, 3.05) is 63.9 Å². The van der Waals surface area contributed by atoms with Crippen LogP contribution in [-0.4, -0.2) is 86.2 Å². The number of nitrogens with one attached hydrogen (secondary N) is 1. The van der Waals surface area contributed by atoms with E-state index in [1.807, 2.05) is 36.1 Å². The molecule has 2 fully saturated rings. The molecule has 2 amide bonds. The number of hydrogen-bond acceptors (Lipinski definition) is 5. The molecule has 0 aliphatic carbocycles. The number of carbonyl (C=O) groups is 2. The van der Waals surface area contributed by atoms with E-state index in [1.165, 1.54) is 0 Å². The molecule has 0 radical (unpaired) electrons. The van der Waals surface area contributed by atoms with Gasteiger partial charge in [-0.25, -0.2) is 0 Å². The van der Waals surface area contributed by atoms with Crippen molar-refractivity contribution in [1.82, 2.24) is 15.1 Å². The average Bonchev–Trinajstić information content (AvgIpc) is 3.38. The van der Waals surface area contributed by atoms with Crippen LogP contribution in [0.3, 0.4) is 0 Å². The number of likely N-dealkylation sites (tertiary alicyclic amines) is 1. The van der Waals surface area contributed by atoms with E-state index in [4.69, 9.17) is 4.74 Å². The van der Waals surface area contributed by atoms with Crippen molar-refractivity contribution >= 4 is 17.5 Å². The Morgan fingerprint density at radius 3 is 2.71 bits per heavy atom. The molecule has 7 nitrogen and oxygen atoms in total. The van der Waals surface area contributed by atoms with Gasteiger partial charge < -0.3 is 19.9 Å². The molecule has 170 valence electrons. The number of para-hydroxylation sites is 1. The van der Waals surface area contributed by atoms with Crippen molar-refractivity contribution in [2.24, 2.45) is 11.8 Å². The van der Waals surface area contributed by atoms with Crippen LogP contribution in [-0.2, 0) is 9.53 Å². The minimum atomic E-state index is -0.575. The number of fused-ring (bicyclic) bond motifs is 2. The molecule has 3 heterocycles. The third kappa shape index (κ3) is 4.49. The molecule has 0 unspecified atom stereocenters. The number of benzene rings is 1. The van der Waals surface area contributed by atoms with Gasteiger partial charge >= 0.3 is 0 Å². The Balaban J connectivity index is 1.62. The number of amides is 2. The largest absolute Gasteiger partial charge is 0.381 e. The second-order valence-electron chi connectivity index (χ2n) is 9.38. The van der Waals surface area contributed by atoms with Crippen LogP contribution in [0.5, 0.6) is 0 Å². The van der Waals surface area contributed by atoms with E-state index in [-0.39, 0.29) is 17.7 Å². The Morgan fingerprint density at radius 1 is 1.23 bits per heavy atom. The lowest BCUT2D eigenvalue weighted by Crippen LogP contribution is -2.59. The summed E-state index contributed by atoms with van der Waals surface area (Å²) in [6.45, 7) is 13.5. The summed E-state index contributed by atoms with van der Waals surface area (Å²) in [5.41, 5.74) is 0.730. The van der Waals surface area contributed by atoms with Gasteiger partial charge in [-0.05, 0) is 44.5 Å². The van der Waals surface area contributed by atoms with Gasteiger partial charge in [0.1, 0.15) is 0 Å². The van der Waals surface area contributed by atoms with Gasteiger partial charge in [-0.1, -0.05) is 26.0 Å². The molecular weight excluding hydrogens is 392 g/mol. The summed E-state index contributed by atoms with van der Waals surface area (Å²) in [6.07, 6.45) is 1.07. The fourth-order valence-electron chi connectivity index (χ4n) is 5.35. The van der Waals surface area contributed by atoms with E-state index in [2.05, 4.69) is 29.0 Å². The van der Waals surface area contributed by atoms with E-state index in [0.29, 0.717) is 31.1 Å². The Kier molecular flexibility index (Phi) is 6.65. The van der Waals surface area contributed by atoms with Crippen molar-refractivity contribution in [3.63, 3.8) is 0 Å². The number of likely N-dealkylation sites (N-methyl/N-ethyl adjacent to an activating group) is 1. The van der Waals surface area contributed by atoms with Gasteiger partial charge in [0.2, 0.25) is 5.91 Å². The third-order valence-electron chi connectivity index (χ3n) is 7.24. The van der Waals surface area contributed by atoms with Crippen LogP contribution in [0.1, 0.15) is 37.6 Å². The van der Waals surface area contributed by atoms with E-state index >= 15 is 0 Å². The number of hydrogen-bond donors (Lipinski definition) is 1. The zero-order valence-corrected chi connectivity index (χ0v) is 19.1. The summed E-state index contributed by atoms with van der Waals surface area (Å²) in [7, 11) is 0. The SMILES string of the molecule is CCN(CC)CCN1C(=O)[C@@H]2CN(C[C@H]3CCOC3)C[C@]2(C)NC(=O)c2ccccc21. The molecule has 3 aliphatic rings. The molecule has 0 spiro atoms. The fourth-order valence-corrected chi connectivity index (χ4v) is 5.35. The van der Waals surface area contributed by atoms with E-state index in [9.17, 15) is 9.59 Å². The number of ether oxygens (including phenoxy) is 1. The van der Waals surface area contributed by atoms with Gasteiger partial charge in [-0.2, -0.15) is 0 Å². The Hall–Kier alpha value is -1.96. The minimum absolute atomic E-state index is 0.0884. The molecule has 1 aromatic carbocycles. The molecular formula is C24H36N4O3. The van der Waals surface area contributed by atoms with Crippen molar-refractivity contribution in [1.29, 1.82) is 0 Å². The third-order valence-corrected chi connectivity index (χ3v) is 7.24. The first-order valence-electron chi connectivity index (χ1n) is 11.7. The minimum Gasteiger partial charge on any atom is -0.381 e. The van der Waals surface area contributed by atoms with Crippen LogP contribution in [0.4, 0.5) is 5.69 Å². The predicted molar refractivity (Wildman–Crippen MR) is 121 cm³/mol. The van der Waals surface area contributed by atoms with Gasteiger partial charge in [-0.15, -0.1) is 0 Å². The summed E-state index contributed by atoms with van der Waals surface area (Å²) in [6, 6.07) is 7.51. The molecule has 3 atom stereocenters. The van der Waals surface area contributed by atoms with Crippen molar-refractivity contribution < 1.29 is 14.3 Å². The summed E-state index contributed by atoms with van der Waals surface area (Å²) in [5.74, 6) is 0.278. The first kappa shape index (κ1) is 22.2. The standard InChI is InChI=1S/C24H36N4O3/c1-4-26(5-2)11-12-28-21-9-7-6-8-19(21)22(29)25-24(3)17-27(15-20(24)23(28)30)14-18-10-13-31-16-18/h6-9,18,20H,4-5,10-17H2,1-3H3,(H,25,29)/t18-,20+,24+/m1/s1. The van der Waals surface area contributed by atoms with Crippen LogP contribution in [0.15, 0.2) is 24.3 Å². The smallest absolute Gasteiger partial charge is 0.253 e. The number of rotatable bonds is 7. The molecule has 0 aromatic heterocycles. The number of carbonyl (C=O) groups excluding carboxylic acids is 2. The van der Waals surface area contributed by atoms with Gasteiger partial charge in [0.15, 0.2) is 0 Å². The molecule has 3 aliphatic heterocycles. The van der Waals surface area contributed by atoms with Gasteiger partial charge in [0.25, 0.3) is 5.91 Å². The van der Waals surface area contributed by atoms with Crippen LogP contribution in [0.2, 0.25) is 0 Å². The summed E-state index contributed by atoms with van der Waals surface area (Å²) < 4.78 is 5.55. The molecule has 1 N–H and O–H groups in total. The second kappa shape index (κ2) is 9.27. The number of nitrogens with zero attached hydrogens (tertiary/aromatic N) is 3. The van der Waals surface area contributed by atoms with E-state index in [0.717, 1.165) is 51.5 Å². The molecule has 4 rings (SSSR count). The summed E-state index contributed by atoms with van der Waals surface area (Å²) in [4.78, 5) is 33.7. The quantitative estimate of drug-likeness (QED) is 0.718. The van der Waals surface area contributed by atoms with Crippen LogP contribution >= 0.6 is 0 Å². The lowest BCUT2D eigenvalue weighted by molar-refractivity contribution is -0.123. The van der Waals surface area contributed by atoms with Crippen molar-refractivity contribution in [3.8, 4) is 0 Å². The molecule has 0 bridgehead atoms. The Labute approximate surface area is 185 Å². The maximum Gasteiger partial charge on any atom is 0.253 e. The summed E-state index contributed by atoms with van der Waals surface area (Å²) >= 11 is 0. The first-order chi connectivity index (χ1) is 14.9. The normalized spacial score (nSPS) is 29.0. The van der Waals surface area contributed by atoms with Gasteiger partial charge in [0.05, 0.1) is 29.3 Å². The zero-order chi connectivity index (χ0) is 22.0. The highest BCUT2D eigenvalue weighted by Gasteiger charge is 2.51. The highest BCUT2D eigenvalue weighted by Crippen LogP contribution is 2.35. The molecule has 1 aromatic rings. The molecule has 2 saturated heterocycles. The second-order valence-corrected chi connectivity index (χ2v) is 9.38. The summed E-state index contributed by atoms with van der Waals surface area (Å²) in [5, 5.41) is 3.24. The van der Waals surface area contributed by atoms with Crippen molar-refractivity contribution in [3.05, 3.63) is 29.8 Å². The fraction of sp³-hybridized carbons (Fsp3) is 0.667. The predicted octanol–water partition coefficient (Wildman–Crippen LogP) is 1.83. The maximum atomic E-state index is 13.9. The average molecular weight is 429 g/mol. The van der Waals surface area contributed by atoms with Crippen molar-refractivity contribution in [2.45, 2.75) is 32.7 Å². The van der Waals surface area contributed by atoms with Crippen LogP contribution in [0.25, 0.3) is 0 Å². The highest BCUT2D eigenvalue weighted by molar-refractivity contribution is 6.07. The van der Waals surface area contributed by atoms with Crippen LogP contribution < -0.4 is 10.2 Å². The zero-order valence-electron chi connectivity index (χ0n) is 19.1.